The Morgan fingerprint density at radius 3 is 2.71 bits per heavy atom. The van der Waals surface area contributed by atoms with Crippen LogP contribution < -0.4 is 10.2 Å². The van der Waals surface area contributed by atoms with Crippen LogP contribution in [0.3, 0.4) is 0 Å². The van der Waals surface area contributed by atoms with Gasteiger partial charge in [-0.25, -0.2) is 4.98 Å². The summed E-state index contributed by atoms with van der Waals surface area (Å²) in [5.41, 5.74) is 2.72. The minimum absolute atomic E-state index is 0.466. The van der Waals surface area contributed by atoms with E-state index in [1.54, 1.807) is 10.7 Å². The molecule has 1 fully saturated rings. The molecule has 0 atom stereocenters. The maximum Gasteiger partial charge on any atom is 0.230 e. The van der Waals surface area contributed by atoms with Gasteiger partial charge in [-0.1, -0.05) is 31.8 Å². The predicted octanol–water partition coefficient (Wildman–Crippen LogP) is 4.00. The number of hydrogen-bond acceptors (Lipinski definition) is 8. The molecular formula is C23H31BrN8O2Si. The fourth-order valence-electron chi connectivity index (χ4n) is 3.96. The number of halogens is 1. The van der Waals surface area contributed by atoms with Crippen molar-refractivity contribution in [1.82, 2.24) is 29.1 Å². The predicted molar refractivity (Wildman–Crippen MR) is 143 cm³/mol. The summed E-state index contributed by atoms with van der Waals surface area (Å²) in [4.78, 5) is 16.5. The molecule has 0 bridgehead atoms. The molecule has 1 aliphatic rings. The lowest BCUT2D eigenvalue weighted by molar-refractivity contribution is 0.0880. The SMILES string of the molecule is C[Si](C)(C)CCOCn1c(CNc2nc(N3CCOCC3)nc3c(Br)cnn23)nc2ccccc21. The molecule has 4 heterocycles. The van der Waals surface area contributed by atoms with Crippen molar-refractivity contribution >= 4 is 52.6 Å². The highest BCUT2D eigenvalue weighted by atomic mass is 79.9. The number of benzene rings is 1. The minimum atomic E-state index is -1.15. The zero-order chi connectivity index (χ0) is 24.4. The zero-order valence-corrected chi connectivity index (χ0v) is 23.0. The monoisotopic (exact) mass is 558 g/mol. The van der Waals surface area contributed by atoms with Crippen molar-refractivity contribution in [2.75, 3.05) is 43.1 Å². The number of ether oxygens (including phenoxy) is 2. The van der Waals surface area contributed by atoms with Gasteiger partial charge in [-0.2, -0.15) is 19.6 Å². The number of hydrogen-bond donors (Lipinski definition) is 1. The second kappa shape index (κ2) is 10.2. The van der Waals surface area contributed by atoms with Crippen LogP contribution in [0.5, 0.6) is 0 Å². The molecule has 12 heteroatoms. The zero-order valence-electron chi connectivity index (χ0n) is 20.4. The van der Waals surface area contributed by atoms with Gasteiger partial charge in [0.2, 0.25) is 11.9 Å². The third-order valence-corrected chi connectivity index (χ3v) is 8.23. The first-order chi connectivity index (χ1) is 16.9. The van der Waals surface area contributed by atoms with E-state index in [0.29, 0.717) is 44.0 Å². The number of anilines is 2. The van der Waals surface area contributed by atoms with Crippen LogP contribution in [-0.2, 0) is 22.7 Å². The summed E-state index contributed by atoms with van der Waals surface area (Å²) in [6.45, 7) is 11.6. The third-order valence-electron chi connectivity index (χ3n) is 5.96. The van der Waals surface area contributed by atoms with Crippen LogP contribution in [-0.4, -0.2) is 70.1 Å². The van der Waals surface area contributed by atoms with Crippen molar-refractivity contribution in [1.29, 1.82) is 0 Å². The van der Waals surface area contributed by atoms with Crippen LogP contribution in [0.4, 0.5) is 11.9 Å². The van der Waals surface area contributed by atoms with E-state index in [2.05, 4.69) is 61.5 Å². The Morgan fingerprint density at radius 1 is 1.11 bits per heavy atom. The average Bonchev–Trinajstić information content (AvgIpc) is 3.40. The Morgan fingerprint density at radius 2 is 1.91 bits per heavy atom. The van der Waals surface area contributed by atoms with E-state index in [4.69, 9.17) is 24.4 Å². The second-order valence-electron chi connectivity index (χ2n) is 9.82. The second-order valence-corrected chi connectivity index (χ2v) is 16.3. The Bertz CT molecular complexity index is 1310. The average molecular weight is 560 g/mol. The number of nitrogens with zero attached hydrogens (tertiary/aromatic N) is 7. The lowest BCUT2D eigenvalue weighted by Gasteiger charge is -2.27. The van der Waals surface area contributed by atoms with E-state index in [0.717, 1.165) is 47.1 Å². The molecule has 0 amide bonds. The maximum absolute atomic E-state index is 6.09. The number of morpholine rings is 1. The van der Waals surface area contributed by atoms with Crippen LogP contribution in [0, 0.1) is 0 Å². The number of para-hydroxylation sites is 2. The summed E-state index contributed by atoms with van der Waals surface area (Å²) >= 11 is 3.56. The van der Waals surface area contributed by atoms with Gasteiger partial charge in [0, 0.05) is 27.8 Å². The smallest absolute Gasteiger partial charge is 0.230 e. The van der Waals surface area contributed by atoms with E-state index in [1.165, 1.54) is 0 Å². The fourth-order valence-corrected chi connectivity index (χ4v) is 5.06. The molecule has 0 unspecified atom stereocenters. The molecule has 3 aromatic heterocycles. The Balaban J connectivity index is 1.40. The van der Waals surface area contributed by atoms with Crippen molar-refractivity contribution in [2.45, 2.75) is 39.0 Å². The molecule has 1 aliphatic heterocycles. The molecule has 0 saturated carbocycles. The number of imidazole rings is 1. The summed E-state index contributed by atoms with van der Waals surface area (Å²) in [5.74, 6) is 2.15. The highest BCUT2D eigenvalue weighted by Crippen LogP contribution is 2.23. The van der Waals surface area contributed by atoms with Crippen LogP contribution in [0.15, 0.2) is 34.9 Å². The largest absolute Gasteiger partial charge is 0.378 e. The first kappa shape index (κ1) is 24.2. The molecule has 0 aliphatic carbocycles. The summed E-state index contributed by atoms with van der Waals surface area (Å²) in [7, 11) is -1.15. The molecule has 5 rings (SSSR count). The topological polar surface area (TPSA) is 94.6 Å². The van der Waals surface area contributed by atoms with Crippen molar-refractivity contribution in [3.05, 3.63) is 40.8 Å². The van der Waals surface area contributed by atoms with E-state index in [9.17, 15) is 0 Å². The van der Waals surface area contributed by atoms with Crippen molar-refractivity contribution < 1.29 is 9.47 Å². The number of fused-ring (bicyclic) bond motifs is 2. The molecule has 0 radical (unpaired) electrons. The van der Waals surface area contributed by atoms with E-state index in [1.807, 2.05) is 18.2 Å². The van der Waals surface area contributed by atoms with E-state index < -0.39 is 8.07 Å². The highest BCUT2D eigenvalue weighted by molar-refractivity contribution is 9.10. The quantitative estimate of drug-likeness (QED) is 0.243. The van der Waals surface area contributed by atoms with E-state index >= 15 is 0 Å². The molecule has 4 aromatic rings. The normalized spacial score (nSPS) is 14.8. The first-order valence-corrected chi connectivity index (χ1v) is 16.4. The van der Waals surface area contributed by atoms with Crippen molar-refractivity contribution in [3.8, 4) is 0 Å². The highest BCUT2D eigenvalue weighted by Gasteiger charge is 2.19. The van der Waals surface area contributed by atoms with Gasteiger partial charge < -0.3 is 24.3 Å². The molecule has 0 spiro atoms. The van der Waals surface area contributed by atoms with Crippen LogP contribution in [0.1, 0.15) is 5.82 Å². The maximum atomic E-state index is 6.09. The Labute approximate surface area is 213 Å². The van der Waals surface area contributed by atoms with Crippen LogP contribution >= 0.6 is 15.9 Å². The van der Waals surface area contributed by atoms with Gasteiger partial charge in [0.05, 0.1) is 41.5 Å². The molecule has 1 aromatic carbocycles. The minimum Gasteiger partial charge on any atom is -0.378 e. The van der Waals surface area contributed by atoms with Gasteiger partial charge in [-0.15, -0.1) is 0 Å². The number of nitrogens with one attached hydrogen (secondary N) is 1. The lowest BCUT2D eigenvalue weighted by Crippen LogP contribution is -2.37. The molecule has 1 saturated heterocycles. The fraction of sp³-hybridized carbons (Fsp3) is 0.478. The lowest BCUT2D eigenvalue weighted by atomic mass is 10.3. The molecule has 35 heavy (non-hydrogen) atoms. The van der Waals surface area contributed by atoms with E-state index in [-0.39, 0.29) is 0 Å². The van der Waals surface area contributed by atoms with Gasteiger partial charge in [0.15, 0.2) is 5.65 Å². The standard InChI is InChI=1S/C23H31BrN8O2Si/c1-35(2,3)13-12-34-16-31-19-7-5-4-6-18(19)27-20(31)15-25-22-29-23(30-8-10-33-11-9-30)28-21-17(24)14-26-32(21)22/h4-7,14H,8-13,15-16H2,1-3H3,(H,25,28,29). The van der Waals surface area contributed by atoms with Crippen molar-refractivity contribution in [3.63, 3.8) is 0 Å². The summed E-state index contributed by atoms with van der Waals surface area (Å²) < 4.78 is 16.2. The van der Waals surface area contributed by atoms with Gasteiger partial charge in [0.1, 0.15) is 12.6 Å². The van der Waals surface area contributed by atoms with Gasteiger partial charge in [-0.3, -0.25) is 0 Å². The molecule has 10 nitrogen and oxygen atoms in total. The van der Waals surface area contributed by atoms with Gasteiger partial charge in [0.25, 0.3) is 0 Å². The Kier molecular flexibility index (Phi) is 7.05. The number of aromatic nitrogens is 6. The summed E-state index contributed by atoms with van der Waals surface area (Å²) in [6.07, 6.45) is 1.74. The molecule has 1 N–H and O–H groups in total. The first-order valence-electron chi connectivity index (χ1n) is 11.9. The van der Waals surface area contributed by atoms with Gasteiger partial charge in [-0.05, 0) is 34.1 Å². The van der Waals surface area contributed by atoms with Gasteiger partial charge >= 0.3 is 0 Å². The number of rotatable bonds is 9. The van der Waals surface area contributed by atoms with Crippen LogP contribution in [0.2, 0.25) is 25.7 Å². The molecular weight excluding hydrogens is 528 g/mol. The summed E-state index contributed by atoms with van der Waals surface area (Å²) in [6, 6.07) is 9.28. The molecule has 186 valence electrons. The van der Waals surface area contributed by atoms with Crippen molar-refractivity contribution in [2.24, 2.45) is 0 Å². The summed E-state index contributed by atoms with van der Waals surface area (Å²) in [5, 5.41) is 7.91. The van der Waals surface area contributed by atoms with Crippen LogP contribution in [0.25, 0.3) is 16.7 Å². The Hall–Kier alpha value is -2.54. The third kappa shape index (κ3) is 5.50.